The Morgan fingerprint density at radius 3 is 2.56 bits per heavy atom. The first-order valence-corrected chi connectivity index (χ1v) is 5.13. The van der Waals surface area contributed by atoms with Crippen LogP contribution in [0.5, 0.6) is 5.75 Å². The van der Waals surface area contributed by atoms with Crippen LogP contribution in [-0.4, -0.2) is 24.7 Å². The van der Waals surface area contributed by atoms with Gasteiger partial charge in [0.2, 0.25) is 0 Å². The number of hydrogen-bond acceptors (Lipinski definition) is 4. The van der Waals surface area contributed by atoms with E-state index in [-0.39, 0.29) is 17.9 Å². The van der Waals surface area contributed by atoms with Gasteiger partial charge < -0.3 is 9.47 Å². The molecular weight excluding hydrogens is 251 g/mol. The number of alkyl halides is 3. The summed E-state index contributed by atoms with van der Waals surface area (Å²) in [7, 11) is 1.21. The molecule has 0 spiro atoms. The molecule has 4 nitrogen and oxygen atoms in total. The second kappa shape index (κ2) is 5.70. The maximum Gasteiger partial charge on any atom is 0.418 e. The largest absolute Gasteiger partial charge is 0.495 e. The van der Waals surface area contributed by atoms with Crippen molar-refractivity contribution in [1.82, 2.24) is 4.98 Å². The molecule has 0 aliphatic rings. The third kappa shape index (κ3) is 3.35. The molecule has 0 fully saturated rings. The van der Waals surface area contributed by atoms with E-state index in [1.54, 1.807) is 6.92 Å². The lowest BCUT2D eigenvalue weighted by Crippen LogP contribution is -2.16. The van der Waals surface area contributed by atoms with Gasteiger partial charge in [0.15, 0.2) is 0 Å². The third-order valence-corrected chi connectivity index (χ3v) is 2.17. The fraction of sp³-hybridized carbons (Fsp3) is 0.455. The highest BCUT2D eigenvalue weighted by Crippen LogP contribution is 2.35. The van der Waals surface area contributed by atoms with Crippen LogP contribution in [0.25, 0.3) is 0 Å². The quantitative estimate of drug-likeness (QED) is 0.781. The molecule has 0 aliphatic heterocycles. The van der Waals surface area contributed by atoms with Crippen LogP contribution < -0.4 is 4.74 Å². The van der Waals surface area contributed by atoms with Gasteiger partial charge in [-0.2, -0.15) is 13.2 Å². The van der Waals surface area contributed by atoms with Crippen molar-refractivity contribution in [3.05, 3.63) is 23.5 Å². The molecule has 0 bridgehead atoms. The summed E-state index contributed by atoms with van der Waals surface area (Å²) >= 11 is 0. The predicted molar refractivity (Wildman–Crippen MR) is 56.1 cm³/mol. The molecule has 0 amide bonds. The molecule has 0 atom stereocenters. The van der Waals surface area contributed by atoms with E-state index in [1.165, 1.54) is 7.11 Å². The molecule has 1 aromatic heterocycles. The van der Waals surface area contributed by atoms with Crippen LogP contribution in [-0.2, 0) is 22.1 Å². The van der Waals surface area contributed by atoms with Gasteiger partial charge in [-0.25, -0.2) is 0 Å². The summed E-state index contributed by atoms with van der Waals surface area (Å²) in [4.78, 5) is 14.7. The predicted octanol–water partition coefficient (Wildman–Crippen LogP) is 2.21. The Labute approximate surface area is 102 Å². The molecule has 0 aliphatic carbocycles. The Hall–Kier alpha value is -1.79. The number of esters is 1. The molecule has 0 aromatic carbocycles. The minimum Gasteiger partial charge on any atom is -0.495 e. The Kier molecular flexibility index (Phi) is 4.52. The van der Waals surface area contributed by atoms with E-state index in [0.717, 1.165) is 6.20 Å². The summed E-state index contributed by atoms with van der Waals surface area (Å²) in [5.41, 5.74) is -1.26. The lowest BCUT2D eigenvalue weighted by molar-refractivity contribution is -0.143. The lowest BCUT2D eigenvalue weighted by Gasteiger charge is -2.14. The summed E-state index contributed by atoms with van der Waals surface area (Å²) in [6.45, 7) is 1.68. The Morgan fingerprint density at radius 1 is 1.39 bits per heavy atom. The van der Waals surface area contributed by atoms with E-state index < -0.39 is 24.1 Å². The van der Waals surface area contributed by atoms with Crippen LogP contribution in [0.4, 0.5) is 13.2 Å². The van der Waals surface area contributed by atoms with Crippen LogP contribution in [0, 0.1) is 0 Å². The summed E-state index contributed by atoms with van der Waals surface area (Å²) in [6, 6.07) is 0. The van der Waals surface area contributed by atoms with E-state index in [4.69, 9.17) is 4.74 Å². The molecule has 1 aromatic rings. The second-order valence-electron chi connectivity index (χ2n) is 3.35. The van der Waals surface area contributed by atoms with Gasteiger partial charge in [0.05, 0.1) is 31.9 Å². The van der Waals surface area contributed by atoms with Gasteiger partial charge in [-0.3, -0.25) is 9.78 Å². The molecular formula is C11H12F3NO3. The first-order valence-electron chi connectivity index (χ1n) is 5.13. The number of rotatable bonds is 4. The number of aromatic nitrogens is 1. The van der Waals surface area contributed by atoms with Crippen LogP contribution in [0.1, 0.15) is 18.1 Å². The van der Waals surface area contributed by atoms with Crippen molar-refractivity contribution in [2.24, 2.45) is 0 Å². The highest BCUT2D eigenvalue weighted by atomic mass is 19.4. The van der Waals surface area contributed by atoms with Crippen molar-refractivity contribution in [2.75, 3.05) is 13.7 Å². The number of hydrogen-bond donors (Lipinski definition) is 0. The maximum atomic E-state index is 12.8. The molecule has 18 heavy (non-hydrogen) atoms. The second-order valence-corrected chi connectivity index (χ2v) is 3.35. The number of methoxy groups -OCH3 is 1. The maximum absolute atomic E-state index is 12.8. The van der Waals surface area contributed by atoms with Crippen LogP contribution >= 0.6 is 0 Å². The van der Waals surface area contributed by atoms with Gasteiger partial charge in [-0.1, -0.05) is 0 Å². The third-order valence-electron chi connectivity index (χ3n) is 2.17. The van der Waals surface area contributed by atoms with Crippen LogP contribution in [0.15, 0.2) is 12.4 Å². The molecule has 0 saturated heterocycles. The molecule has 7 heteroatoms. The smallest absolute Gasteiger partial charge is 0.418 e. The monoisotopic (exact) mass is 263 g/mol. The van der Waals surface area contributed by atoms with E-state index in [9.17, 15) is 18.0 Å². The normalized spacial score (nSPS) is 11.2. The van der Waals surface area contributed by atoms with Crippen molar-refractivity contribution < 1.29 is 27.4 Å². The van der Waals surface area contributed by atoms with E-state index in [2.05, 4.69) is 9.72 Å². The number of carbonyl (C=O) groups excluding carboxylic acids is 1. The van der Waals surface area contributed by atoms with Gasteiger partial charge in [-0.15, -0.1) is 0 Å². The zero-order valence-corrected chi connectivity index (χ0v) is 9.87. The average molecular weight is 263 g/mol. The fourth-order valence-corrected chi connectivity index (χ4v) is 1.43. The Bertz CT molecular complexity index is 432. The minimum absolute atomic E-state index is 0.0853. The standard InChI is InChI=1S/C11H12F3NO3/c1-3-18-10(16)4-7-8(11(12,13)14)5-15-6-9(7)17-2/h5-6H,3-4H2,1-2H3. The number of halogens is 3. The van der Waals surface area contributed by atoms with Gasteiger partial charge in [-0.05, 0) is 6.92 Å². The van der Waals surface area contributed by atoms with E-state index >= 15 is 0 Å². The summed E-state index contributed by atoms with van der Waals surface area (Å²) in [5, 5.41) is 0. The van der Waals surface area contributed by atoms with Crippen molar-refractivity contribution in [2.45, 2.75) is 19.5 Å². The SMILES string of the molecule is CCOC(=O)Cc1c(OC)cncc1C(F)(F)F. The number of ether oxygens (including phenoxy) is 2. The van der Waals surface area contributed by atoms with E-state index in [0.29, 0.717) is 6.20 Å². The molecule has 0 saturated carbocycles. The Morgan fingerprint density at radius 2 is 2.06 bits per heavy atom. The molecule has 100 valence electrons. The van der Waals surface area contributed by atoms with Crippen molar-refractivity contribution in [3.63, 3.8) is 0 Å². The molecule has 1 heterocycles. The highest BCUT2D eigenvalue weighted by molar-refractivity contribution is 5.74. The average Bonchev–Trinajstić information content (AvgIpc) is 2.28. The summed E-state index contributed by atoms with van der Waals surface area (Å²) in [6.07, 6.45) is -3.31. The lowest BCUT2D eigenvalue weighted by atomic mass is 10.1. The molecule has 0 unspecified atom stereocenters. The first-order chi connectivity index (χ1) is 8.40. The van der Waals surface area contributed by atoms with Crippen molar-refractivity contribution >= 4 is 5.97 Å². The molecule has 0 N–H and O–H groups in total. The summed E-state index contributed by atoms with van der Waals surface area (Å²) in [5.74, 6) is -0.828. The van der Waals surface area contributed by atoms with Gasteiger partial charge in [0, 0.05) is 11.8 Å². The fourth-order valence-electron chi connectivity index (χ4n) is 1.43. The van der Waals surface area contributed by atoms with Crippen molar-refractivity contribution in [3.8, 4) is 5.75 Å². The Balaban J connectivity index is 3.16. The van der Waals surface area contributed by atoms with E-state index in [1.807, 2.05) is 0 Å². The van der Waals surface area contributed by atoms with Crippen LogP contribution in [0.2, 0.25) is 0 Å². The number of pyridine rings is 1. The van der Waals surface area contributed by atoms with Gasteiger partial charge >= 0.3 is 12.1 Å². The highest BCUT2D eigenvalue weighted by Gasteiger charge is 2.35. The van der Waals surface area contributed by atoms with Gasteiger partial charge in [0.25, 0.3) is 0 Å². The van der Waals surface area contributed by atoms with Crippen LogP contribution in [0.3, 0.4) is 0 Å². The minimum atomic E-state index is -4.59. The zero-order chi connectivity index (χ0) is 13.8. The topological polar surface area (TPSA) is 48.4 Å². The van der Waals surface area contributed by atoms with Crippen molar-refractivity contribution in [1.29, 1.82) is 0 Å². The molecule has 1 rings (SSSR count). The molecule has 0 radical (unpaired) electrons. The summed E-state index contributed by atoms with van der Waals surface area (Å²) < 4.78 is 47.7. The first kappa shape index (κ1) is 14.3. The number of carbonyl (C=O) groups is 1. The number of nitrogens with zero attached hydrogens (tertiary/aromatic N) is 1. The zero-order valence-electron chi connectivity index (χ0n) is 9.87. The van der Waals surface area contributed by atoms with Gasteiger partial charge in [0.1, 0.15) is 5.75 Å².